The Balaban J connectivity index is 2.34. The number of halogens is 2. The smallest absolute Gasteiger partial charge is 0.0944 e. The lowest BCUT2D eigenvalue weighted by Crippen LogP contribution is -2.13. The predicted molar refractivity (Wildman–Crippen MR) is 65.6 cm³/mol. The number of benzene rings is 1. The van der Waals surface area contributed by atoms with E-state index in [1.54, 1.807) is 0 Å². The van der Waals surface area contributed by atoms with Gasteiger partial charge in [-0.25, -0.2) is 0 Å². The van der Waals surface area contributed by atoms with Crippen LogP contribution in [0, 0.1) is 0 Å². The van der Waals surface area contributed by atoms with E-state index in [0.29, 0.717) is 11.6 Å². The van der Waals surface area contributed by atoms with E-state index in [4.69, 9.17) is 16.3 Å². The molecule has 16 heavy (non-hydrogen) atoms. The van der Waals surface area contributed by atoms with Crippen LogP contribution in [0.1, 0.15) is 11.3 Å². The lowest BCUT2D eigenvalue weighted by Gasteiger charge is -2.16. The first-order valence-electron chi connectivity index (χ1n) is 4.96. The molecule has 1 aliphatic rings. The van der Waals surface area contributed by atoms with Crippen LogP contribution in [0.2, 0.25) is 5.02 Å². The Hall–Kier alpha value is -0.710. The molecule has 2 heterocycles. The maximum Gasteiger partial charge on any atom is 0.0944 e. The molecule has 0 aliphatic carbocycles. The summed E-state index contributed by atoms with van der Waals surface area (Å²) in [5, 5.41) is 10.1. The van der Waals surface area contributed by atoms with E-state index in [2.05, 4.69) is 26.1 Å². The van der Waals surface area contributed by atoms with E-state index >= 15 is 0 Å². The van der Waals surface area contributed by atoms with Crippen LogP contribution in [0.4, 0.5) is 0 Å². The lowest BCUT2D eigenvalue weighted by atomic mass is 10.0. The van der Waals surface area contributed by atoms with Gasteiger partial charge in [0.15, 0.2) is 0 Å². The third-order valence-electron chi connectivity index (χ3n) is 2.73. The van der Waals surface area contributed by atoms with Gasteiger partial charge in [-0.1, -0.05) is 11.6 Å². The summed E-state index contributed by atoms with van der Waals surface area (Å²) < 4.78 is 6.20. The number of fused-ring (bicyclic) bond motifs is 3. The molecule has 2 aromatic rings. The van der Waals surface area contributed by atoms with Crippen molar-refractivity contribution >= 4 is 38.4 Å². The number of rotatable bonds is 0. The Labute approximate surface area is 106 Å². The number of hydrogen-bond donors (Lipinski definition) is 0. The standard InChI is InChI=1S/C11H8BrClN2O/c12-8-4-10-7(3-9(8)13)6-1-2-16-5-11(6)15-14-10/h3-4H,1-2,5H2. The monoisotopic (exact) mass is 298 g/mol. The number of hydrogen-bond acceptors (Lipinski definition) is 3. The van der Waals surface area contributed by atoms with Crippen molar-refractivity contribution in [2.45, 2.75) is 13.0 Å². The van der Waals surface area contributed by atoms with Gasteiger partial charge in [0.05, 0.1) is 29.4 Å². The second kappa shape index (κ2) is 3.95. The molecule has 0 amide bonds. The van der Waals surface area contributed by atoms with Gasteiger partial charge in [0.2, 0.25) is 0 Å². The van der Waals surface area contributed by atoms with Gasteiger partial charge >= 0.3 is 0 Å². The molecule has 0 N–H and O–H groups in total. The van der Waals surface area contributed by atoms with E-state index in [1.807, 2.05) is 12.1 Å². The molecule has 0 unspecified atom stereocenters. The molecule has 1 aromatic carbocycles. The second-order valence-electron chi connectivity index (χ2n) is 3.71. The van der Waals surface area contributed by atoms with Gasteiger partial charge in [0.25, 0.3) is 0 Å². The first-order chi connectivity index (χ1) is 7.75. The minimum absolute atomic E-state index is 0.548. The normalized spacial score (nSPS) is 15.1. The molecular weight excluding hydrogens is 291 g/mol. The van der Waals surface area contributed by atoms with Crippen molar-refractivity contribution < 1.29 is 4.74 Å². The maximum atomic E-state index is 6.10. The van der Waals surface area contributed by atoms with Gasteiger partial charge in [-0.2, -0.15) is 10.2 Å². The Bertz CT molecular complexity index is 573. The zero-order valence-electron chi connectivity index (χ0n) is 8.33. The molecule has 0 atom stereocenters. The average Bonchev–Trinajstić information content (AvgIpc) is 2.31. The van der Waals surface area contributed by atoms with Gasteiger partial charge in [0.1, 0.15) is 0 Å². The number of aromatic nitrogens is 2. The highest BCUT2D eigenvalue weighted by Crippen LogP contribution is 2.30. The summed E-state index contributed by atoms with van der Waals surface area (Å²) in [5.41, 5.74) is 3.01. The minimum atomic E-state index is 0.548. The third kappa shape index (κ3) is 1.61. The van der Waals surface area contributed by atoms with Crippen LogP contribution < -0.4 is 0 Å². The highest BCUT2D eigenvalue weighted by atomic mass is 79.9. The first kappa shape index (κ1) is 10.4. The molecule has 5 heteroatoms. The Morgan fingerprint density at radius 3 is 3.06 bits per heavy atom. The predicted octanol–water partition coefficient (Wildman–Crippen LogP) is 3.12. The van der Waals surface area contributed by atoms with Crippen molar-refractivity contribution in [3.05, 3.63) is 32.9 Å². The van der Waals surface area contributed by atoms with Crippen LogP contribution >= 0.6 is 27.5 Å². The molecule has 0 saturated heterocycles. The van der Waals surface area contributed by atoms with Crippen LogP contribution in [-0.2, 0) is 17.8 Å². The molecule has 3 rings (SSSR count). The van der Waals surface area contributed by atoms with Crippen molar-refractivity contribution in [1.29, 1.82) is 0 Å². The van der Waals surface area contributed by atoms with Gasteiger partial charge in [0, 0.05) is 9.86 Å². The molecular formula is C11H8BrClN2O. The molecule has 0 fully saturated rings. The van der Waals surface area contributed by atoms with Gasteiger partial charge in [-0.3, -0.25) is 0 Å². The van der Waals surface area contributed by atoms with Crippen molar-refractivity contribution in [3.63, 3.8) is 0 Å². The fraction of sp³-hybridized carbons (Fsp3) is 0.273. The van der Waals surface area contributed by atoms with Crippen molar-refractivity contribution in [2.24, 2.45) is 0 Å². The van der Waals surface area contributed by atoms with Gasteiger partial charge in [-0.15, -0.1) is 0 Å². The Morgan fingerprint density at radius 2 is 2.19 bits per heavy atom. The molecule has 0 saturated carbocycles. The fourth-order valence-corrected chi connectivity index (χ4v) is 2.42. The summed E-state index contributed by atoms with van der Waals surface area (Å²) in [6.07, 6.45) is 0.874. The lowest BCUT2D eigenvalue weighted by molar-refractivity contribution is 0.107. The van der Waals surface area contributed by atoms with Crippen molar-refractivity contribution in [1.82, 2.24) is 10.2 Å². The fourth-order valence-electron chi connectivity index (χ4n) is 1.93. The van der Waals surface area contributed by atoms with E-state index in [9.17, 15) is 0 Å². The van der Waals surface area contributed by atoms with Crippen LogP contribution in [0.3, 0.4) is 0 Å². The Morgan fingerprint density at radius 1 is 1.31 bits per heavy atom. The minimum Gasteiger partial charge on any atom is -0.375 e. The third-order valence-corrected chi connectivity index (χ3v) is 3.92. The summed E-state index contributed by atoms with van der Waals surface area (Å²) in [4.78, 5) is 0. The van der Waals surface area contributed by atoms with Crippen molar-refractivity contribution in [2.75, 3.05) is 6.61 Å². The summed E-state index contributed by atoms with van der Waals surface area (Å²) >= 11 is 9.49. The highest BCUT2D eigenvalue weighted by molar-refractivity contribution is 9.10. The van der Waals surface area contributed by atoms with E-state index in [1.165, 1.54) is 5.56 Å². The first-order valence-corrected chi connectivity index (χ1v) is 6.14. The number of nitrogens with zero attached hydrogens (tertiary/aromatic N) is 2. The molecule has 1 aromatic heterocycles. The van der Waals surface area contributed by atoms with Crippen molar-refractivity contribution in [3.8, 4) is 0 Å². The summed E-state index contributed by atoms with van der Waals surface area (Å²) in [6, 6.07) is 3.85. The second-order valence-corrected chi connectivity index (χ2v) is 4.97. The summed E-state index contributed by atoms with van der Waals surface area (Å²) in [5.74, 6) is 0. The molecule has 1 aliphatic heterocycles. The largest absolute Gasteiger partial charge is 0.375 e. The van der Waals surface area contributed by atoms with E-state index in [-0.39, 0.29) is 0 Å². The Kier molecular flexibility index (Phi) is 2.58. The molecule has 0 radical (unpaired) electrons. The summed E-state index contributed by atoms with van der Waals surface area (Å²) in [6.45, 7) is 1.29. The molecule has 3 nitrogen and oxygen atoms in total. The van der Waals surface area contributed by atoms with Gasteiger partial charge < -0.3 is 4.74 Å². The van der Waals surface area contributed by atoms with E-state index < -0.39 is 0 Å². The average molecular weight is 300 g/mol. The topological polar surface area (TPSA) is 35.0 Å². The van der Waals surface area contributed by atoms with Gasteiger partial charge in [-0.05, 0) is 40.0 Å². The van der Waals surface area contributed by atoms with Crippen LogP contribution in [0.15, 0.2) is 16.6 Å². The summed E-state index contributed by atoms with van der Waals surface area (Å²) in [7, 11) is 0. The molecule has 82 valence electrons. The maximum absolute atomic E-state index is 6.10. The van der Waals surface area contributed by atoms with Crippen LogP contribution in [-0.4, -0.2) is 16.8 Å². The SMILES string of the molecule is Clc1cc2c3c(nnc2cc1Br)COCC3. The zero-order chi connectivity index (χ0) is 11.1. The van der Waals surface area contributed by atoms with E-state index in [0.717, 1.165) is 34.1 Å². The molecule has 0 bridgehead atoms. The van der Waals surface area contributed by atoms with Crippen LogP contribution in [0.5, 0.6) is 0 Å². The quantitative estimate of drug-likeness (QED) is 0.750. The number of ether oxygens (including phenoxy) is 1. The highest BCUT2D eigenvalue weighted by Gasteiger charge is 2.16. The molecule has 0 spiro atoms. The van der Waals surface area contributed by atoms with Crippen LogP contribution in [0.25, 0.3) is 10.9 Å². The zero-order valence-corrected chi connectivity index (χ0v) is 10.7.